The summed E-state index contributed by atoms with van der Waals surface area (Å²) < 4.78 is 6.81. The lowest BCUT2D eigenvalue weighted by molar-refractivity contribution is 0.409. The van der Waals surface area contributed by atoms with Gasteiger partial charge in [-0.25, -0.2) is 4.98 Å². The third-order valence-corrected chi connectivity index (χ3v) is 5.12. The lowest BCUT2D eigenvalue weighted by Crippen LogP contribution is -2.48. The van der Waals surface area contributed by atoms with Crippen LogP contribution in [0.5, 0.6) is 5.75 Å². The molecule has 0 saturated carbocycles. The normalized spacial score (nSPS) is 18.6. The molecule has 1 saturated heterocycles. The first-order valence-corrected chi connectivity index (χ1v) is 9.22. The SMILES string of the molecule is COc1ccc([C@H](C)CN[C@@H]2CCCN(c3nccn(C)c3=O)C2)cc1. The van der Waals surface area contributed by atoms with Gasteiger partial charge < -0.3 is 19.5 Å². The van der Waals surface area contributed by atoms with Gasteiger partial charge in [-0.15, -0.1) is 0 Å². The van der Waals surface area contributed by atoms with E-state index in [1.807, 2.05) is 12.1 Å². The zero-order chi connectivity index (χ0) is 18.5. The number of piperidine rings is 1. The minimum absolute atomic E-state index is 0.0280. The lowest BCUT2D eigenvalue weighted by atomic mass is 9.99. The van der Waals surface area contributed by atoms with Gasteiger partial charge in [0.2, 0.25) is 0 Å². The fraction of sp³-hybridized carbons (Fsp3) is 0.500. The van der Waals surface area contributed by atoms with Crippen molar-refractivity contribution in [2.45, 2.75) is 31.7 Å². The van der Waals surface area contributed by atoms with Crippen LogP contribution < -0.4 is 20.5 Å². The van der Waals surface area contributed by atoms with Gasteiger partial charge in [-0.3, -0.25) is 4.79 Å². The number of benzene rings is 1. The average molecular weight is 356 g/mol. The first-order chi connectivity index (χ1) is 12.6. The van der Waals surface area contributed by atoms with Crippen LogP contribution in [-0.2, 0) is 7.05 Å². The van der Waals surface area contributed by atoms with Gasteiger partial charge in [0, 0.05) is 45.1 Å². The fourth-order valence-corrected chi connectivity index (χ4v) is 3.43. The molecular formula is C20H28N4O2. The van der Waals surface area contributed by atoms with Crippen LogP contribution in [0.25, 0.3) is 0 Å². The van der Waals surface area contributed by atoms with Crippen molar-refractivity contribution < 1.29 is 4.74 Å². The number of hydrogen-bond donors (Lipinski definition) is 1. The Hall–Kier alpha value is -2.34. The Morgan fingerprint density at radius 2 is 2.12 bits per heavy atom. The van der Waals surface area contributed by atoms with Crippen LogP contribution in [0.4, 0.5) is 5.82 Å². The minimum Gasteiger partial charge on any atom is -0.497 e. The van der Waals surface area contributed by atoms with Crippen molar-refractivity contribution in [3.8, 4) is 5.75 Å². The van der Waals surface area contributed by atoms with Crippen LogP contribution >= 0.6 is 0 Å². The molecule has 6 heteroatoms. The molecule has 6 nitrogen and oxygen atoms in total. The Kier molecular flexibility index (Phi) is 5.93. The summed E-state index contributed by atoms with van der Waals surface area (Å²) in [5.74, 6) is 1.86. The molecule has 1 aliphatic rings. The van der Waals surface area contributed by atoms with Gasteiger partial charge in [-0.1, -0.05) is 19.1 Å². The van der Waals surface area contributed by atoms with Gasteiger partial charge in [-0.05, 0) is 36.5 Å². The summed E-state index contributed by atoms with van der Waals surface area (Å²) in [7, 11) is 3.45. The molecule has 140 valence electrons. The molecular weight excluding hydrogens is 328 g/mol. The van der Waals surface area contributed by atoms with Crippen molar-refractivity contribution in [3.05, 3.63) is 52.6 Å². The largest absolute Gasteiger partial charge is 0.497 e. The number of nitrogens with zero attached hydrogens (tertiary/aromatic N) is 3. The number of rotatable bonds is 6. The van der Waals surface area contributed by atoms with E-state index >= 15 is 0 Å². The van der Waals surface area contributed by atoms with Crippen LogP contribution in [-0.4, -0.2) is 42.3 Å². The summed E-state index contributed by atoms with van der Waals surface area (Å²) in [6, 6.07) is 8.62. The lowest BCUT2D eigenvalue weighted by Gasteiger charge is -2.34. The quantitative estimate of drug-likeness (QED) is 0.859. The number of methoxy groups -OCH3 is 1. The molecule has 1 aliphatic heterocycles. The van der Waals surface area contributed by atoms with Gasteiger partial charge >= 0.3 is 0 Å². The molecule has 26 heavy (non-hydrogen) atoms. The monoisotopic (exact) mass is 356 g/mol. The Morgan fingerprint density at radius 1 is 1.35 bits per heavy atom. The van der Waals surface area contributed by atoms with Crippen molar-refractivity contribution in [1.82, 2.24) is 14.9 Å². The van der Waals surface area contributed by atoms with Gasteiger partial charge in [0.1, 0.15) is 5.75 Å². The number of anilines is 1. The van der Waals surface area contributed by atoms with Crippen molar-refractivity contribution in [2.24, 2.45) is 7.05 Å². The molecule has 0 radical (unpaired) electrons. The standard InChI is InChI=1S/C20H28N4O2/c1-15(16-6-8-18(26-3)9-7-16)13-22-17-5-4-11-24(14-17)19-20(25)23(2)12-10-21-19/h6-10,12,15,17,22H,4-5,11,13-14H2,1-3H3/t15-,17-/m1/s1. The van der Waals surface area contributed by atoms with Crippen molar-refractivity contribution in [3.63, 3.8) is 0 Å². The van der Waals surface area contributed by atoms with Crippen LogP contribution in [0.3, 0.4) is 0 Å². The molecule has 1 N–H and O–H groups in total. The fourth-order valence-electron chi connectivity index (χ4n) is 3.43. The summed E-state index contributed by atoms with van der Waals surface area (Å²) in [6.45, 7) is 4.84. The van der Waals surface area contributed by atoms with Gasteiger partial charge in [-0.2, -0.15) is 0 Å². The van der Waals surface area contributed by atoms with Crippen LogP contribution in [0.1, 0.15) is 31.2 Å². The van der Waals surface area contributed by atoms with E-state index in [4.69, 9.17) is 4.74 Å². The number of aryl methyl sites for hydroxylation is 1. The number of nitrogens with one attached hydrogen (secondary N) is 1. The minimum atomic E-state index is -0.0280. The number of ether oxygens (including phenoxy) is 1. The van der Waals surface area contributed by atoms with Gasteiger partial charge in [0.05, 0.1) is 7.11 Å². The van der Waals surface area contributed by atoms with Crippen molar-refractivity contribution in [2.75, 3.05) is 31.6 Å². The molecule has 2 atom stereocenters. The maximum absolute atomic E-state index is 12.3. The maximum atomic E-state index is 12.3. The van der Waals surface area contributed by atoms with E-state index in [0.29, 0.717) is 17.8 Å². The average Bonchev–Trinajstić information content (AvgIpc) is 2.68. The van der Waals surface area contributed by atoms with E-state index < -0.39 is 0 Å². The molecule has 2 heterocycles. The Bertz CT molecular complexity index is 772. The third kappa shape index (κ3) is 4.25. The highest BCUT2D eigenvalue weighted by atomic mass is 16.5. The molecule has 1 aromatic carbocycles. The van der Waals surface area contributed by atoms with Crippen LogP contribution in [0.15, 0.2) is 41.5 Å². The molecule has 0 aliphatic carbocycles. The molecule has 1 aromatic heterocycles. The van der Waals surface area contributed by atoms with Crippen LogP contribution in [0, 0.1) is 0 Å². The second-order valence-electron chi connectivity index (χ2n) is 7.03. The maximum Gasteiger partial charge on any atom is 0.293 e. The summed E-state index contributed by atoms with van der Waals surface area (Å²) in [6.07, 6.45) is 5.58. The highest BCUT2D eigenvalue weighted by Gasteiger charge is 2.23. The molecule has 2 aromatic rings. The second-order valence-corrected chi connectivity index (χ2v) is 7.03. The molecule has 1 fully saturated rings. The third-order valence-electron chi connectivity index (χ3n) is 5.12. The van der Waals surface area contributed by atoms with E-state index in [9.17, 15) is 4.79 Å². The second kappa shape index (κ2) is 8.36. The zero-order valence-electron chi connectivity index (χ0n) is 15.8. The summed E-state index contributed by atoms with van der Waals surface area (Å²) >= 11 is 0. The van der Waals surface area contributed by atoms with E-state index in [1.54, 1.807) is 31.1 Å². The van der Waals surface area contributed by atoms with Crippen LogP contribution in [0.2, 0.25) is 0 Å². The van der Waals surface area contributed by atoms with E-state index in [-0.39, 0.29) is 5.56 Å². The highest BCUT2D eigenvalue weighted by Crippen LogP contribution is 2.20. The topological polar surface area (TPSA) is 59.4 Å². The van der Waals surface area contributed by atoms with Gasteiger partial charge in [0.25, 0.3) is 5.56 Å². The highest BCUT2D eigenvalue weighted by molar-refractivity contribution is 5.36. The summed E-state index contributed by atoms with van der Waals surface area (Å²) in [4.78, 5) is 18.7. The molecule has 0 unspecified atom stereocenters. The Balaban J connectivity index is 1.58. The predicted octanol–water partition coefficient (Wildman–Crippen LogP) is 2.15. The van der Waals surface area contributed by atoms with Crippen molar-refractivity contribution >= 4 is 5.82 Å². The summed E-state index contributed by atoms with van der Waals surface area (Å²) in [5.41, 5.74) is 1.27. The molecule has 0 spiro atoms. The molecule has 3 rings (SSSR count). The molecule has 0 bridgehead atoms. The summed E-state index contributed by atoms with van der Waals surface area (Å²) in [5, 5.41) is 3.67. The van der Waals surface area contributed by atoms with Crippen molar-refractivity contribution in [1.29, 1.82) is 0 Å². The first-order valence-electron chi connectivity index (χ1n) is 9.22. The smallest absolute Gasteiger partial charge is 0.293 e. The first kappa shape index (κ1) is 18.5. The zero-order valence-corrected chi connectivity index (χ0v) is 15.8. The Morgan fingerprint density at radius 3 is 2.85 bits per heavy atom. The predicted molar refractivity (Wildman–Crippen MR) is 104 cm³/mol. The number of aromatic nitrogens is 2. The van der Waals surface area contributed by atoms with E-state index in [2.05, 4.69) is 34.3 Å². The molecule has 0 amide bonds. The van der Waals surface area contributed by atoms with Gasteiger partial charge in [0.15, 0.2) is 5.82 Å². The van der Waals surface area contributed by atoms with E-state index in [0.717, 1.165) is 38.2 Å². The number of hydrogen-bond acceptors (Lipinski definition) is 5. The van der Waals surface area contributed by atoms with E-state index in [1.165, 1.54) is 5.56 Å². The Labute approximate surface area is 154 Å².